The molecule has 0 atom stereocenters. The minimum Gasteiger partial charge on any atom is -0.311 e. The number of benzene rings is 14. The first-order valence-electron chi connectivity index (χ1n) is 38.3. The first kappa shape index (κ1) is 67.7. The molecule has 0 saturated carbocycles. The van der Waals surface area contributed by atoms with Gasteiger partial charge < -0.3 is 18.9 Å². The molecule has 2 aliphatic heterocycles. The van der Waals surface area contributed by atoms with E-state index in [9.17, 15) is 5.26 Å². The zero-order valence-corrected chi connectivity index (χ0v) is 63.8. The van der Waals surface area contributed by atoms with Gasteiger partial charge >= 0.3 is 0 Å². The zero-order valence-electron chi connectivity index (χ0n) is 63.8. The van der Waals surface area contributed by atoms with Crippen molar-refractivity contribution in [3.8, 4) is 50.8 Å². The third-order valence-electron chi connectivity index (χ3n) is 23.1. The highest BCUT2D eigenvalue weighted by molar-refractivity contribution is 7.00. The van der Waals surface area contributed by atoms with E-state index in [1.165, 1.54) is 82.3 Å². The molecule has 0 amide bonds. The summed E-state index contributed by atoms with van der Waals surface area (Å²) in [7, 11) is 0. The molecule has 5 nitrogen and oxygen atoms in total. The minimum atomic E-state index is -0.283. The number of nitriles is 1. The normalized spacial score (nSPS) is 13.0. The van der Waals surface area contributed by atoms with Gasteiger partial charge in [-0.15, -0.1) is 0 Å². The lowest BCUT2D eigenvalue weighted by molar-refractivity contribution is 0.589. The van der Waals surface area contributed by atoms with Gasteiger partial charge in [-0.3, -0.25) is 0 Å². The van der Waals surface area contributed by atoms with Crippen molar-refractivity contribution in [3.05, 3.63) is 354 Å². The molecule has 4 heterocycles. The maximum atomic E-state index is 11.4. The molecule has 2 aromatic heterocycles. The number of aromatic nitrogens is 2. The maximum Gasteiger partial charge on any atom is 0.252 e. The van der Waals surface area contributed by atoms with Crippen LogP contribution in [0.2, 0.25) is 0 Å². The van der Waals surface area contributed by atoms with E-state index in [0.717, 1.165) is 95.5 Å². The van der Waals surface area contributed by atoms with Gasteiger partial charge in [0.15, 0.2) is 0 Å². The molecular weight excluding hydrogens is 1310 g/mol. The maximum absolute atomic E-state index is 11.4. The third-order valence-corrected chi connectivity index (χ3v) is 23.1. The Hall–Kier alpha value is -12.2. The SMILES string of the molecule is CC(C)(C)c1ccc(C(c2ccc(C(C)(C)C)cc2)c2cc3c4c(c2)N(c2ccccc2-c2ccccc2)c2cc(-n5c6ccc(C(C)(C)C)cc6c6cc(C(C)(C)C)ccc65)ccc2B4c2ccc(-c4cc(-n5c6ccccc6c6ccccc65)ccc4C#N)cc2N3c2ccccc2-c2ccccc2)cc1. The lowest BCUT2D eigenvalue weighted by atomic mass is 9.33. The highest BCUT2D eigenvalue weighted by atomic mass is 15.2. The summed E-state index contributed by atoms with van der Waals surface area (Å²) in [5.41, 5.74) is 32.1. The van der Waals surface area contributed by atoms with E-state index in [-0.39, 0.29) is 34.3 Å². The molecule has 0 aliphatic carbocycles. The molecule has 16 aromatic rings. The number of nitrogens with zero attached hydrogens (tertiary/aromatic N) is 5. The second-order valence-corrected chi connectivity index (χ2v) is 34.0. The van der Waals surface area contributed by atoms with Crippen LogP contribution in [0.15, 0.2) is 309 Å². The Morgan fingerprint density at radius 1 is 0.287 bits per heavy atom. The molecule has 0 radical (unpaired) electrons. The Morgan fingerprint density at radius 3 is 1.16 bits per heavy atom. The van der Waals surface area contributed by atoms with Crippen LogP contribution in [0.25, 0.3) is 88.4 Å². The predicted octanol–water partition coefficient (Wildman–Crippen LogP) is 25.2. The average molecular weight is 1390 g/mol. The van der Waals surface area contributed by atoms with Gasteiger partial charge in [-0.25, -0.2) is 0 Å². The van der Waals surface area contributed by atoms with Crippen LogP contribution < -0.4 is 26.2 Å². The third kappa shape index (κ3) is 11.4. The summed E-state index contributed by atoms with van der Waals surface area (Å²) in [5.74, 6) is -0.221. The van der Waals surface area contributed by atoms with E-state index in [4.69, 9.17) is 0 Å². The van der Waals surface area contributed by atoms with Crippen molar-refractivity contribution in [3.63, 3.8) is 0 Å². The molecular formula is C102H88BN5. The molecule has 0 N–H and O–H groups in total. The first-order valence-corrected chi connectivity index (χ1v) is 38.3. The lowest BCUT2D eigenvalue weighted by Crippen LogP contribution is -2.61. The number of hydrogen-bond acceptors (Lipinski definition) is 3. The molecule has 0 unspecified atom stereocenters. The second kappa shape index (κ2) is 25.5. The largest absolute Gasteiger partial charge is 0.311 e. The summed E-state index contributed by atoms with van der Waals surface area (Å²) in [6.45, 7) is 27.5. The molecule has 6 heteroatoms. The molecule has 108 heavy (non-hydrogen) atoms. The van der Waals surface area contributed by atoms with Gasteiger partial charge in [0.25, 0.3) is 6.71 Å². The summed E-state index contributed by atoms with van der Waals surface area (Å²) in [4.78, 5) is 5.24. The predicted molar refractivity (Wildman–Crippen MR) is 459 cm³/mol. The average Bonchev–Trinajstić information content (AvgIpc) is 0.834. The molecule has 0 spiro atoms. The monoisotopic (exact) mass is 1390 g/mol. The van der Waals surface area contributed by atoms with Crippen LogP contribution >= 0.6 is 0 Å². The van der Waals surface area contributed by atoms with E-state index >= 15 is 0 Å². The van der Waals surface area contributed by atoms with Gasteiger partial charge in [0, 0.05) is 78.3 Å². The smallest absolute Gasteiger partial charge is 0.252 e. The molecule has 524 valence electrons. The van der Waals surface area contributed by atoms with Crippen molar-refractivity contribution in [1.29, 1.82) is 5.26 Å². The van der Waals surface area contributed by atoms with Crippen LogP contribution in [-0.4, -0.2) is 15.8 Å². The Labute approximate surface area is 636 Å². The van der Waals surface area contributed by atoms with Crippen LogP contribution in [0.5, 0.6) is 0 Å². The quantitative estimate of drug-likeness (QED) is 0.101. The summed E-state index contributed by atoms with van der Waals surface area (Å²) >= 11 is 0. The van der Waals surface area contributed by atoms with Crippen LogP contribution in [0.1, 0.15) is 134 Å². The molecule has 14 aromatic carbocycles. The summed E-state index contributed by atoms with van der Waals surface area (Å²) < 4.78 is 4.89. The minimum absolute atomic E-state index is 0.0600. The van der Waals surface area contributed by atoms with Gasteiger partial charge in [0.2, 0.25) is 0 Å². The molecule has 18 rings (SSSR count). The van der Waals surface area contributed by atoms with Gasteiger partial charge in [0.05, 0.1) is 45.1 Å². The lowest BCUT2D eigenvalue weighted by Gasteiger charge is -2.45. The van der Waals surface area contributed by atoms with Crippen molar-refractivity contribution in [2.75, 3.05) is 9.80 Å². The van der Waals surface area contributed by atoms with Gasteiger partial charge in [0.1, 0.15) is 0 Å². The van der Waals surface area contributed by atoms with Crippen molar-refractivity contribution in [1.82, 2.24) is 9.13 Å². The number of para-hydroxylation sites is 4. The fourth-order valence-electron chi connectivity index (χ4n) is 17.4. The zero-order chi connectivity index (χ0) is 74.3. The molecule has 2 aliphatic rings. The summed E-state index contributed by atoms with van der Waals surface area (Å²) in [5, 5.41) is 16.3. The number of rotatable bonds is 10. The standard InChI is InChI=1S/C102H88BN5/c1-99(2,3)72-45-39-67(40-46-72)97(68-41-47-73(48-42-68)100(4,5)6)71-58-95-98-96(59-71)108(88-36-24-20-32-79(88)66-29-17-14-18-30-66)94-63-77(106-91-55-49-74(101(7,8)9)60-83(91)84-61-75(102(10,11)12)50-56-92(84)106)52-54-86(94)103(98)85-53-44-69(57-93(85)107(95)87-35-23-19-31-78(87)65-27-15-13-16-28-65)82-62-76(51-43-70(82)64-104)105-89-37-25-21-33-80(89)81-34-22-26-38-90(81)105/h13-63,97H,1-12H3. The van der Waals surface area contributed by atoms with E-state index < -0.39 is 0 Å². The van der Waals surface area contributed by atoms with E-state index in [1.54, 1.807) is 0 Å². The van der Waals surface area contributed by atoms with E-state index in [0.29, 0.717) is 5.56 Å². The van der Waals surface area contributed by atoms with Crippen molar-refractivity contribution in [2.24, 2.45) is 0 Å². The van der Waals surface area contributed by atoms with E-state index in [2.05, 4.69) is 411 Å². The molecule has 0 fully saturated rings. The van der Waals surface area contributed by atoms with Crippen LogP contribution in [-0.2, 0) is 21.7 Å². The number of anilines is 6. The van der Waals surface area contributed by atoms with Gasteiger partial charge in [-0.05, 0) is 191 Å². The summed E-state index contributed by atoms with van der Waals surface area (Å²) in [6.07, 6.45) is 0. The van der Waals surface area contributed by atoms with Crippen molar-refractivity contribution < 1.29 is 0 Å². The van der Waals surface area contributed by atoms with Crippen LogP contribution in [0.4, 0.5) is 34.1 Å². The molecule has 0 saturated heterocycles. The Bertz CT molecular complexity index is 6120. The highest BCUT2D eigenvalue weighted by Crippen LogP contribution is 2.52. The topological polar surface area (TPSA) is 40.1 Å². The second-order valence-electron chi connectivity index (χ2n) is 34.0. The Morgan fingerprint density at radius 2 is 0.685 bits per heavy atom. The summed E-state index contributed by atoms with van der Waals surface area (Å²) in [6, 6.07) is 119. The van der Waals surface area contributed by atoms with Crippen molar-refractivity contribution in [2.45, 2.75) is 111 Å². The van der Waals surface area contributed by atoms with Crippen LogP contribution in [0.3, 0.4) is 0 Å². The number of hydrogen-bond donors (Lipinski definition) is 0. The van der Waals surface area contributed by atoms with Crippen molar-refractivity contribution >= 4 is 101 Å². The Kier molecular flexibility index (Phi) is 16.0. The number of fused-ring (bicyclic) bond motifs is 10. The molecule has 0 bridgehead atoms. The van der Waals surface area contributed by atoms with Crippen LogP contribution in [0, 0.1) is 11.3 Å². The Balaban J connectivity index is 0.976. The fourth-order valence-corrected chi connectivity index (χ4v) is 17.4. The highest BCUT2D eigenvalue weighted by Gasteiger charge is 2.46. The fraction of sp³-hybridized carbons (Fsp3) is 0.167. The van der Waals surface area contributed by atoms with Gasteiger partial charge in [-0.2, -0.15) is 5.26 Å². The van der Waals surface area contributed by atoms with Gasteiger partial charge in [-0.1, -0.05) is 295 Å². The first-order chi connectivity index (χ1) is 52.1. The van der Waals surface area contributed by atoms with E-state index in [1.807, 2.05) is 6.07 Å².